The second-order valence-corrected chi connectivity index (χ2v) is 8.04. The van der Waals surface area contributed by atoms with Gasteiger partial charge in [-0.3, -0.25) is 4.79 Å². The number of carbonyl (C=O) groups excluding carboxylic acids is 1. The van der Waals surface area contributed by atoms with E-state index >= 15 is 0 Å². The highest BCUT2D eigenvalue weighted by Gasteiger charge is 2.32. The molecule has 29 heavy (non-hydrogen) atoms. The SMILES string of the molecule is CN(C)c1ccc([C@@H]2Nc3ccccc3C(=O)N2CCC[NH+]2CCOCC2)cc1. The van der Waals surface area contributed by atoms with E-state index in [4.69, 9.17) is 4.74 Å². The molecule has 2 aliphatic rings. The number of nitrogens with one attached hydrogen (secondary N) is 2. The molecule has 0 saturated carbocycles. The van der Waals surface area contributed by atoms with Crippen LogP contribution in [0.2, 0.25) is 0 Å². The first kappa shape index (κ1) is 19.7. The third-order valence-corrected chi connectivity index (χ3v) is 5.88. The predicted octanol–water partition coefficient (Wildman–Crippen LogP) is 1.62. The molecule has 0 bridgehead atoms. The van der Waals surface area contributed by atoms with Gasteiger partial charge in [0.15, 0.2) is 0 Å². The third-order valence-electron chi connectivity index (χ3n) is 5.88. The monoisotopic (exact) mass is 395 g/mol. The zero-order valence-corrected chi connectivity index (χ0v) is 17.4. The maximum absolute atomic E-state index is 13.3. The summed E-state index contributed by atoms with van der Waals surface area (Å²) >= 11 is 0. The number of rotatable bonds is 6. The van der Waals surface area contributed by atoms with Crippen molar-refractivity contribution in [1.29, 1.82) is 0 Å². The topological polar surface area (TPSA) is 49.2 Å². The van der Waals surface area contributed by atoms with Crippen LogP contribution in [-0.4, -0.2) is 64.3 Å². The zero-order chi connectivity index (χ0) is 20.2. The van der Waals surface area contributed by atoms with Crippen molar-refractivity contribution in [3.05, 3.63) is 59.7 Å². The van der Waals surface area contributed by atoms with Crippen molar-refractivity contribution < 1.29 is 14.4 Å². The first-order chi connectivity index (χ1) is 14.1. The van der Waals surface area contributed by atoms with Crippen LogP contribution in [0.25, 0.3) is 0 Å². The normalized spacial score (nSPS) is 19.6. The van der Waals surface area contributed by atoms with Gasteiger partial charge in [-0.25, -0.2) is 0 Å². The number of para-hydroxylation sites is 1. The number of nitrogens with zero attached hydrogens (tertiary/aromatic N) is 2. The Morgan fingerprint density at radius 2 is 1.83 bits per heavy atom. The van der Waals surface area contributed by atoms with Crippen molar-refractivity contribution in [2.24, 2.45) is 0 Å². The number of morpholine rings is 1. The van der Waals surface area contributed by atoms with E-state index in [-0.39, 0.29) is 12.1 Å². The molecule has 1 saturated heterocycles. The van der Waals surface area contributed by atoms with Crippen LogP contribution in [0.4, 0.5) is 11.4 Å². The molecule has 2 heterocycles. The van der Waals surface area contributed by atoms with Gasteiger partial charge in [-0.1, -0.05) is 24.3 Å². The first-order valence-electron chi connectivity index (χ1n) is 10.5. The maximum Gasteiger partial charge on any atom is 0.257 e. The molecule has 4 rings (SSSR count). The summed E-state index contributed by atoms with van der Waals surface area (Å²) in [5.41, 5.74) is 3.93. The second kappa shape index (κ2) is 8.84. The molecular formula is C23H31N4O2+. The molecule has 1 atom stereocenters. The Hall–Kier alpha value is -2.57. The lowest BCUT2D eigenvalue weighted by Crippen LogP contribution is -3.14. The van der Waals surface area contributed by atoms with Crippen LogP contribution in [0.15, 0.2) is 48.5 Å². The lowest BCUT2D eigenvalue weighted by atomic mass is 10.0. The van der Waals surface area contributed by atoms with Gasteiger partial charge >= 0.3 is 0 Å². The lowest BCUT2D eigenvalue weighted by Gasteiger charge is -2.38. The number of quaternary nitrogens is 1. The van der Waals surface area contributed by atoms with Crippen molar-refractivity contribution in [2.75, 3.05) is 63.7 Å². The molecule has 2 aromatic carbocycles. The molecule has 1 fully saturated rings. The molecule has 6 nitrogen and oxygen atoms in total. The molecule has 0 unspecified atom stereocenters. The molecule has 0 aliphatic carbocycles. The number of anilines is 2. The van der Waals surface area contributed by atoms with Crippen molar-refractivity contribution in [1.82, 2.24) is 4.90 Å². The fourth-order valence-corrected chi connectivity index (χ4v) is 4.15. The molecule has 154 valence electrons. The summed E-state index contributed by atoms with van der Waals surface area (Å²) in [6.07, 6.45) is 0.838. The number of hydrogen-bond acceptors (Lipinski definition) is 4. The van der Waals surface area contributed by atoms with E-state index in [0.717, 1.165) is 68.3 Å². The highest BCUT2D eigenvalue weighted by atomic mass is 16.5. The number of ether oxygens (including phenoxy) is 1. The van der Waals surface area contributed by atoms with Gasteiger partial charge in [0.1, 0.15) is 19.3 Å². The number of carbonyl (C=O) groups is 1. The van der Waals surface area contributed by atoms with Gasteiger partial charge in [-0.05, 0) is 29.8 Å². The van der Waals surface area contributed by atoms with Crippen LogP contribution in [0.3, 0.4) is 0 Å². The van der Waals surface area contributed by atoms with E-state index in [1.165, 1.54) is 0 Å². The van der Waals surface area contributed by atoms with Crippen LogP contribution in [-0.2, 0) is 4.74 Å². The largest absolute Gasteiger partial charge is 0.378 e. The van der Waals surface area contributed by atoms with Crippen LogP contribution >= 0.6 is 0 Å². The molecule has 0 radical (unpaired) electrons. The minimum absolute atomic E-state index is 0.109. The minimum atomic E-state index is -0.145. The van der Waals surface area contributed by atoms with Gasteiger partial charge in [-0.2, -0.15) is 0 Å². The summed E-state index contributed by atoms with van der Waals surface area (Å²) in [5.74, 6) is 0.109. The summed E-state index contributed by atoms with van der Waals surface area (Å²) in [6.45, 7) is 5.61. The average Bonchev–Trinajstić information content (AvgIpc) is 2.76. The standard InChI is InChI=1S/C23H30N4O2/c1-25(2)19-10-8-18(9-11-19)22-24-21-7-4-3-6-20(21)23(28)27(22)13-5-12-26-14-16-29-17-15-26/h3-4,6-11,22,24H,5,12-17H2,1-2H3/p+1/t22-/m1/s1. The maximum atomic E-state index is 13.3. The van der Waals surface area contributed by atoms with Crippen LogP contribution in [0, 0.1) is 0 Å². The van der Waals surface area contributed by atoms with Crippen molar-refractivity contribution >= 4 is 17.3 Å². The fraction of sp³-hybridized carbons (Fsp3) is 0.435. The summed E-state index contributed by atoms with van der Waals surface area (Å²) in [5, 5.41) is 3.60. The molecule has 6 heteroatoms. The van der Waals surface area contributed by atoms with Gasteiger partial charge in [0.2, 0.25) is 0 Å². The Morgan fingerprint density at radius 1 is 1.10 bits per heavy atom. The molecular weight excluding hydrogens is 364 g/mol. The quantitative estimate of drug-likeness (QED) is 0.781. The minimum Gasteiger partial charge on any atom is -0.378 e. The van der Waals surface area contributed by atoms with Gasteiger partial charge in [0.25, 0.3) is 5.91 Å². The fourth-order valence-electron chi connectivity index (χ4n) is 4.15. The zero-order valence-electron chi connectivity index (χ0n) is 17.4. The van der Waals surface area contributed by atoms with Crippen LogP contribution < -0.4 is 15.1 Å². The number of benzene rings is 2. The van der Waals surface area contributed by atoms with Crippen LogP contribution in [0.1, 0.15) is 28.5 Å². The van der Waals surface area contributed by atoms with Crippen LogP contribution in [0.5, 0.6) is 0 Å². The summed E-state index contributed by atoms with van der Waals surface area (Å²) < 4.78 is 5.45. The van der Waals surface area contributed by atoms with E-state index in [0.29, 0.717) is 0 Å². The molecule has 1 amide bonds. The van der Waals surface area contributed by atoms with Gasteiger partial charge < -0.3 is 24.8 Å². The van der Waals surface area contributed by atoms with E-state index in [2.05, 4.69) is 34.5 Å². The average molecular weight is 396 g/mol. The van der Waals surface area contributed by atoms with Crippen molar-refractivity contribution in [2.45, 2.75) is 12.6 Å². The molecule has 2 N–H and O–H groups in total. The Kier molecular flexibility index (Phi) is 6.02. The third kappa shape index (κ3) is 4.38. The first-order valence-corrected chi connectivity index (χ1v) is 10.5. The number of fused-ring (bicyclic) bond motifs is 1. The highest BCUT2D eigenvalue weighted by molar-refractivity contribution is 6.01. The second-order valence-electron chi connectivity index (χ2n) is 8.04. The van der Waals surface area contributed by atoms with E-state index in [1.54, 1.807) is 4.90 Å². The van der Waals surface area contributed by atoms with E-state index < -0.39 is 0 Å². The summed E-state index contributed by atoms with van der Waals surface area (Å²) in [6, 6.07) is 16.3. The Labute approximate surface area is 173 Å². The predicted molar refractivity (Wildman–Crippen MR) is 116 cm³/mol. The summed E-state index contributed by atoms with van der Waals surface area (Å²) in [4.78, 5) is 19.0. The van der Waals surface area contributed by atoms with Crippen molar-refractivity contribution in [3.63, 3.8) is 0 Å². The van der Waals surface area contributed by atoms with Gasteiger partial charge in [0, 0.05) is 38.4 Å². The van der Waals surface area contributed by atoms with Gasteiger partial charge in [-0.15, -0.1) is 0 Å². The summed E-state index contributed by atoms with van der Waals surface area (Å²) in [7, 11) is 4.07. The van der Waals surface area contributed by atoms with Crippen molar-refractivity contribution in [3.8, 4) is 0 Å². The molecule has 0 aromatic heterocycles. The van der Waals surface area contributed by atoms with Gasteiger partial charge in [0.05, 0.1) is 25.3 Å². The Morgan fingerprint density at radius 3 is 2.55 bits per heavy atom. The molecule has 0 spiro atoms. The Balaban J connectivity index is 1.53. The highest BCUT2D eigenvalue weighted by Crippen LogP contribution is 2.33. The number of hydrogen-bond donors (Lipinski definition) is 2. The molecule has 2 aromatic rings. The van der Waals surface area contributed by atoms with E-state index in [1.807, 2.05) is 43.3 Å². The molecule has 2 aliphatic heterocycles. The van der Waals surface area contributed by atoms with E-state index in [9.17, 15) is 4.79 Å². The number of amides is 1. The smallest absolute Gasteiger partial charge is 0.257 e. The lowest BCUT2D eigenvalue weighted by molar-refractivity contribution is -0.908. The Bertz CT molecular complexity index is 831.